The van der Waals surface area contributed by atoms with E-state index >= 15 is 0 Å². The molecule has 1 aromatic heterocycles. The van der Waals surface area contributed by atoms with Gasteiger partial charge >= 0.3 is 29.6 Å². The molecule has 1 amide bonds. The molecule has 3 aromatic carbocycles. The number of nitrogens with zero attached hydrogens (tertiary/aromatic N) is 5. The van der Waals surface area contributed by atoms with Gasteiger partial charge in [0.2, 0.25) is 0 Å². The van der Waals surface area contributed by atoms with Gasteiger partial charge in [0.1, 0.15) is 18.7 Å². The molecule has 2 heterocycles. The molecule has 5 rings (SSSR count). The van der Waals surface area contributed by atoms with E-state index in [1.165, 1.54) is 18.1 Å². The SMILES string of the molecule is CC(=O)O.O=C1NC(=Nc2cc[c-]cc2)S/C1=C/c1ccc(-n2cnnn2)cc1OCc1ccccc1.[Na+]. The summed E-state index contributed by atoms with van der Waals surface area (Å²) < 4.78 is 7.68. The normalized spacial score (nSPS) is 14.3. The van der Waals surface area contributed by atoms with Crippen LogP contribution in [0.15, 0.2) is 89.0 Å². The summed E-state index contributed by atoms with van der Waals surface area (Å²) in [5.74, 6) is -0.434. The average molecular weight is 537 g/mol. The molecular weight excluding hydrogens is 515 g/mol. The van der Waals surface area contributed by atoms with E-state index in [1.807, 2.05) is 60.7 Å². The number of thioether (sulfide) groups is 1. The van der Waals surface area contributed by atoms with Gasteiger partial charge in [-0.2, -0.15) is 18.2 Å². The van der Waals surface area contributed by atoms with Gasteiger partial charge in [0.15, 0.2) is 5.17 Å². The van der Waals surface area contributed by atoms with Gasteiger partial charge in [-0.05, 0) is 51.6 Å². The van der Waals surface area contributed by atoms with Crippen molar-refractivity contribution in [2.75, 3.05) is 0 Å². The number of carbonyl (C=O) groups excluding carboxylic acids is 1. The van der Waals surface area contributed by atoms with E-state index in [9.17, 15) is 4.79 Å². The van der Waals surface area contributed by atoms with Gasteiger partial charge in [-0.15, -0.1) is 17.2 Å². The number of carbonyl (C=O) groups is 2. The zero-order valence-electron chi connectivity index (χ0n) is 20.6. The number of amides is 1. The number of ether oxygens (including phenoxy) is 1. The second kappa shape index (κ2) is 14.2. The maximum atomic E-state index is 12.6. The Morgan fingerprint density at radius 3 is 2.61 bits per heavy atom. The van der Waals surface area contributed by atoms with Crippen LogP contribution >= 0.6 is 11.8 Å². The molecule has 0 bridgehead atoms. The largest absolute Gasteiger partial charge is 1.00 e. The Bertz CT molecular complexity index is 1430. The maximum absolute atomic E-state index is 12.6. The molecule has 0 saturated carbocycles. The number of aliphatic imine (C=N–C) groups is 1. The smallest absolute Gasteiger partial charge is 0.488 e. The Labute approximate surface area is 245 Å². The Morgan fingerprint density at radius 1 is 1.18 bits per heavy atom. The number of hydrogen-bond donors (Lipinski definition) is 2. The van der Waals surface area contributed by atoms with E-state index in [1.54, 1.807) is 22.9 Å². The van der Waals surface area contributed by atoms with Crippen LogP contribution in [-0.2, 0) is 16.2 Å². The zero-order valence-corrected chi connectivity index (χ0v) is 23.4. The molecule has 12 heteroatoms. The number of carboxylic acid groups (broad SMARTS) is 1. The zero-order chi connectivity index (χ0) is 26.0. The molecular formula is C26H21N6NaO4S. The number of nitrogens with one attached hydrogen (secondary N) is 1. The van der Waals surface area contributed by atoms with Crippen molar-refractivity contribution in [1.82, 2.24) is 25.5 Å². The quantitative estimate of drug-likeness (QED) is 0.212. The minimum atomic E-state index is -0.833. The third-order valence-electron chi connectivity index (χ3n) is 4.72. The van der Waals surface area contributed by atoms with E-state index in [0.29, 0.717) is 22.4 Å². The third-order valence-corrected chi connectivity index (χ3v) is 5.63. The summed E-state index contributed by atoms with van der Waals surface area (Å²) in [6.45, 7) is 1.47. The minimum absolute atomic E-state index is 0. The summed E-state index contributed by atoms with van der Waals surface area (Å²) in [6.07, 6.45) is 3.31. The molecule has 38 heavy (non-hydrogen) atoms. The van der Waals surface area contributed by atoms with E-state index in [4.69, 9.17) is 14.6 Å². The number of carboxylic acids is 1. The molecule has 2 N–H and O–H groups in total. The second-order valence-electron chi connectivity index (χ2n) is 7.51. The van der Waals surface area contributed by atoms with Crippen LogP contribution in [0.2, 0.25) is 0 Å². The molecule has 0 unspecified atom stereocenters. The Balaban J connectivity index is 0.000000749. The minimum Gasteiger partial charge on any atom is -0.488 e. The number of hydrogen-bond acceptors (Lipinski definition) is 8. The molecule has 1 fully saturated rings. The first-order valence-corrected chi connectivity index (χ1v) is 11.8. The monoisotopic (exact) mass is 536 g/mol. The molecule has 10 nitrogen and oxygen atoms in total. The van der Waals surface area contributed by atoms with Crippen LogP contribution in [0.4, 0.5) is 5.69 Å². The summed E-state index contributed by atoms with van der Waals surface area (Å²) in [5.41, 5.74) is 3.29. The number of tetrazole rings is 1. The van der Waals surface area contributed by atoms with E-state index in [2.05, 4.69) is 31.9 Å². The number of aliphatic carboxylic acids is 1. The first-order chi connectivity index (χ1) is 18.0. The topological polar surface area (TPSA) is 132 Å². The van der Waals surface area contributed by atoms with Crippen LogP contribution < -0.4 is 39.6 Å². The predicted octanol–water partition coefficient (Wildman–Crippen LogP) is 1.03. The Kier molecular flexibility index (Phi) is 10.8. The first kappa shape index (κ1) is 28.8. The van der Waals surface area contributed by atoms with Gasteiger partial charge in [-0.25, -0.2) is 4.68 Å². The summed E-state index contributed by atoms with van der Waals surface area (Å²) in [7, 11) is 0. The molecule has 0 aliphatic carbocycles. The van der Waals surface area contributed by atoms with Gasteiger partial charge in [0.05, 0.1) is 10.6 Å². The average Bonchev–Trinajstić information content (AvgIpc) is 3.55. The number of benzene rings is 3. The molecule has 1 saturated heterocycles. The Hall–Kier alpha value is -3.77. The first-order valence-electron chi connectivity index (χ1n) is 11.0. The predicted molar refractivity (Wildman–Crippen MR) is 139 cm³/mol. The number of amidine groups is 1. The molecule has 0 spiro atoms. The summed E-state index contributed by atoms with van der Waals surface area (Å²) >= 11 is 1.28. The fourth-order valence-electron chi connectivity index (χ4n) is 3.12. The fraction of sp³-hybridized carbons (Fsp3) is 0.0769. The van der Waals surface area contributed by atoms with Crippen molar-refractivity contribution in [2.24, 2.45) is 4.99 Å². The summed E-state index contributed by atoms with van der Waals surface area (Å²) in [5, 5.41) is 22.1. The fourth-order valence-corrected chi connectivity index (χ4v) is 3.95. The van der Waals surface area contributed by atoms with Gasteiger partial charge < -0.3 is 15.2 Å². The Morgan fingerprint density at radius 2 is 1.92 bits per heavy atom. The summed E-state index contributed by atoms with van der Waals surface area (Å²) in [4.78, 5) is 26.6. The number of aromatic nitrogens is 4. The standard InChI is InChI=1S/C24H17N6O2S.C2H4O2.Na/c31-23-22(33-24(27-23)26-19-9-5-2-6-10-19)13-18-11-12-20(30-16-25-28-29-30)14-21(18)32-15-17-7-3-1-4-8-17;1-2(3)4;/h1,3-14,16H,15H2,(H,26,27,31);1H3,(H,3,4);/q-1;;+1/b22-13+;;. The van der Waals surface area contributed by atoms with Gasteiger partial charge in [0, 0.05) is 18.6 Å². The molecule has 186 valence electrons. The molecule has 4 aromatic rings. The van der Waals surface area contributed by atoms with E-state index in [-0.39, 0.29) is 35.5 Å². The van der Waals surface area contributed by atoms with Gasteiger partial charge in [-0.1, -0.05) is 30.3 Å². The second-order valence-corrected chi connectivity index (χ2v) is 8.54. The van der Waals surface area contributed by atoms with Gasteiger partial charge in [0.25, 0.3) is 11.9 Å². The van der Waals surface area contributed by atoms with E-state index < -0.39 is 5.97 Å². The van der Waals surface area contributed by atoms with Crippen molar-refractivity contribution in [3.05, 3.63) is 101 Å². The van der Waals surface area contributed by atoms with Crippen molar-refractivity contribution in [2.45, 2.75) is 13.5 Å². The van der Waals surface area contributed by atoms with Crippen LogP contribution in [0.5, 0.6) is 5.75 Å². The third kappa shape index (κ3) is 8.38. The van der Waals surface area contributed by atoms with Crippen LogP contribution in [0, 0.1) is 6.07 Å². The van der Waals surface area contributed by atoms with Crippen LogP contribution in [0.1, 0.15) is 18.1 Å². The van der Waals surface area contributed by atoms with Crippen molar-refractivity contribution >= 4 is 40.6 Å². The van der Waals surface area contributed by atoms with Crippen molar-refractivity contribution in [1.29, 1.82) is 0 Å². The van der Waals surface area contributed by atoms with Crippen LogP contribution in [-0.4, -0.2) is 42.4 Å². The van der Waals surface area contributed by atoms with Crippen molar-refractivity contribution < 1.29 is 49.0 Å². The molecule has 0 atom stereocenters. The molecule has 0 radical (unpaired) electrons. The van der Waals surface area contributed by atoms with Gasteiger partial charge in [-0.3, -0.25) is 14.6 Å². The van der Waals surface area contributed by atoms with Crippen molar-refractivity contribution in [3.63, 3.8) is 0 Å². The summed E-state index contributed by atoms with van der Waals surface area (Å²) in [6, 6.07) is 25.6. The van der Waals surface area contributed by atoms with E-state index in [0.717, 1.165) is 29.4 Å². The van der Waals surface area contributed by atoms with Crippen molar-refractivity contribution in [3.8, 4) is 11.4 Å². The van der Waals surface area contributed by atoms with Crippen LogP contribution in [0.3, 0.4) is 0 Å². The molecule has 1 aliphatic rings. The molecule has 1 aliphatic heterocycles. The van der Waals surface area contributed by atoms with Crippen LogP contribution in [0.25, 0.3) is 11.8 Å². The number of rotatable bonds is 6. The maximum Gasteiger partial charge on any atom is 1.00 e.